The van der Waals surface area contributed by atoms with E-state index in [9.17, 15) is 4.79 Å². The van der Waals surface area contributed by atoms with E-state index in [1.807, 2.05) is 36.7 Å². The number of ketones is 1. The fourth-order valence-corrected chi connectivity index (χ4v) is 3.41. The summed E-state index contributed by atoms with van der Waals surface area (Å²) >= 11 is 0. The molecule has 0 fully saturated rings. The average Bonchev–Trinajstić information content (AvgIpc) is 3.60. The summed E-state index contributed by atoms with van der Waals surface area (Å²) in [6.45, 7) is 5.07. The number of hydrogen-bond acceptors (Lipinski definition) is 5. The highest BCUT2D eigenvalue weighted by atomic mass is 16.5. The van der Waals surface area contributed by atoms with E-state index < -0.39 is 0 Å². The van der Waals surface area contributed by atoms with Crippen molar-refractivity contribution in [1.29, 1.82) is 0 Å². The van der Waals surface area contributed by atoms with E-state index in [4.69, 9.17) is 9.47 Å². The standard InChI is InChI=1S/C14H16N2O2.C14H18N2O/c1-11(17)12-4-2-6-14(8-12)18-7-3-5-13-9-15-10-16-13;1-2-12-5-3-7-14(9-12)17-8-4-6-13-10-15-11-16-13/h2,4,6,8-10H,3,5,7H2,1H3,(H,15,16);3,5,7,9-11H,2,4,6,8H2,1H3,(H,15,16). The van der Waals surface area contributed by atoms with Crippen molar-refractivity contribution in [2.24, 2.45) is 0 Å². The van der Waals surface area contributed by atoms with Crippen molar-refractivity contribution in [3.05, 3.63) is 96.1 Å². The third-order valence-electron chi connectivity index (χ3n) is 5.38. The molecular weight excluding hydrogens is 440 g/mol. The Morgan fingerprint density at radius 1 is 0.829 bits per heavy atom. The molecule has 4 rings (SSSR count). The van der Waals surface area contributed by atoms with Crippen LogP contribution in [0.4, 0.5) is 0 Å². The van der Waals surface area contributed by atoms with Gasteiger partial charge in [-0.3, -0.25) is 4.79 Å². The van der Waals surface area contributed by atoms with Gasteiger partial charge in [-0.2, -0.15) is 0 Å². The van der Waals surface area contributed by atoms with Crippen LogP contribution in [-0.2, 0) is 19.3 Å². The van der Waals surface area contributed by atoms with Gasteiger partial charge in [0.05, 0.1) is 25.9 Å². The summed E-state index contributed by atoms with van der Waals surface area (Å²) in [5.41, 5.74) is 4.27. The van der Waals surface area contributed by atoms with Crippen molar-refractivity contribution in [2.75, 3.05) is 13.2 Å². The Labute approximate surface area is 207 Å². The molecular formula is C28H34N4O3. The summed E-state index contributed by atoms with van der Waals surface area (Å²) in [6, 6.07) is 15.5. The Morgan fingerprint density at radius 3 is 1.91 bits per heavy atom. The summed E-state index contributed by atoms with van der Waals surface area (Å²) < 4.78 is 11.3. The lowest BCUT2D eigenvalue weighted by Crippen LogP contribution is -2.00. The molecule has 35 heavy (non-hydrogen) atoms. The van der Waals surface area contributed by atoms with Gasteiger partial charge in [-0.15, -0.1) is 0 Å². The number of aromatic amines is 2. The Bertz CT molecular complexity index is 1120. The first-order chi connectivity index (χ1) is 17.1. The van der Waals surface area contributed by atoms with Crippen LogP contribution in [0.5, 0.6) is 11.5 Å². The Kier molecular flexibility index (Phi) is 10.6. The lowest BCUT2D eigenvalue weighted by molar-refractivity contribution is 0.101. The van der Waals surface area contributed by atoms with Gasteiger partial charge in [-0.25, -0.2) is 9.97 Å². The summed E-state index contributed by atoms with van der Waals surface area (Å²) in [5.74, 6) is 1.76. The summed E-state index contributed by atoms with van der Waals surface area (Å²) in [5, 5.41) is 0. The number of aromatic nitrogens is 4. The fraction of sp³-hybridized carbons (Fsp3) is 0.321. The van der Waals surface area contributed by atoms with Gasteiger partial charge in [0.25, 0.3) is 0 Å². The van der Waals surface area contributed by atoms with E-state index >= 15 is 0 Å². The van der Waals surface area contributed by atoms with Crippen LogP contribution in [-0.4, -0.2) is 38.9 Å². The zero-order valence-corrected chi connectivity index (χ0v) is 20.5. The van der Waals surface area contributed by atoms with Gasteiger partial charge >= 0.3 is 0 Å². The average molecular weight is 475 g/mol. The number of nitrogens with one attached hydrogen (secondary N) is 2. The minimum absolute atomic E-state index is 0.0536. The molecule has 2 heterocycles. The molecule has 0 amide bonds. The maximum atomic E-state index is 11.2. The van der Waals surface area contributed by atoms with Crippen LogP contribution >= 0.6 is 0 Å². The number of H-pyrrole nitrogens is 2. The third kappa shape index (κ3) is 9.49. The minimum atomic E-state index is 0.0536. The van der Waals surface area contributed by atoms with Crippen molar-refractivity contribution in [3.63, 3.8) is 0 Å². The van der Waals surface area contributed by atoms with Gasteiger partial charge in [-0.05, 0) is 68.9 Å². The van der Waals surface area contributed by atoms with Gasteiger partial charge in [0.15, 0.2) is 5.78 Å². The van der Waals surface area contributed by atoms with Crippen LogP contribution in [0.25, 0.3) is 0 Å². The van der Waals surface area contributed by atoms with Crippen LogP contribution in [0.15, 0.2) is 73.6 Å². The molecule has 0 saturated heterocycles. The van der Waals surface area contributed by atoms with Gasteiger partial charge < -0.3 is 19.4 Å². The highest BCUT2D eigenvalue weighted by molar-refractivity contribution is 5.94. The number of ether oxygens (including phenoxy) is 2. The molecule has 184 valence electrons. The smallest absolute Gasteiger partial charge is 0.159 e. The van der Waals surface area contributed by atoms with Gasteiger partial charge in [0.2, 0.25) is 0 Å². The number of imidazole rings is 2. The molecule has 2 aromatic carbocycles. The zero-order valence-electron chi connectivity index (χ0n) is 20.5. The first kappa shape index (κ1) is 25.7. The normalized spacial score (nSPS) is 10.3. The second kappa shape index (κ2) is 14.4. The maximum absolute atomic E-state index is 11.2. The van der Waals surface area contributed by atoms with Gasteiger partial charge in [0.1, 0.15) is 11.5 Å². The van der Waals surface area contributed by atoms with E-state index in [0.29, 0.717) is 12.2 Å². The molecule has 4 aromatic rings. The predicted molar refractivity (Wildman–Crippen MR) is 137 cm³/mol. The topological polar surface area (TPSA) is 92.9 Å². The largest absolute Gasteiger partial charge is 0.494 e. The molecule has 2 aromatic heterocycles. The highest BCUT2D eigenvalue weighted by Crippen LogP contribution is 2.15. The lowest BCUT2D eigenvalue weighted by atomic mass is 10.1. The number of nitrogens with zero attached hydrogens (tertiary/aromatic N) is 2. The molecule has 0 bridgehead atoms. The number of aryl methyl sites for hydroxylation is 3. The molecule has 0 aliphatic carbocycles. The summed E-state index contributed by atoms with van der Waals surface area (Å²) in [6.07, 6.45) is 11.9. The Balaban J connectivity index is 0.000000196. The highest BCUT2D eigenvalue weighted by Gasteiger charge is 2.01. The molecule has 0 aliphatic rings. The van der Waals surface area contributed by atoms with Crippen LogP contribution in [0.1, 0.15) is 54.0 Å². The number of hydrogen-bond donors (Lipinski definition) is 2. The molecule has 7 heteroatoms. The quantitative estimate of drug-likeness (QED) is 0.206. The molecule has 7 nitrogen and oxygen atoms in total. The first-order valence-corrected chi connectivity index (χ1v) is 12.0. The molecule has 0 atom stereocenters. The lowest BCUT2D eigenvalue weighted by Gasteiger charge is -2.06. The molecule has 0 unspecified atom stereocenters. The number of Topliss-reactive ketones (excluding diaryl/α,β-unsaturated/α-hetero) is 1. The predicted octanol–water partition coefficient (Wildman–Crippen LogP) is 5.61. The van der Waals surface area contributed by atoms with Crippen molar-refractivity contribution >= 4 is 5.78 Å². The maximum Gasteiger partial charge on any atom is 0.159 e. The molecule has 0 radical (unpaired) electrons. The number of carbonyl (C=O) groups excluding carboxylic acids is 1. The van der Waals surface area contributed by atoms with Crippen LogP contribution in [0, 0.1) is 0 Å². The number of carbonyl (C=O) groups is 1. The van der Waals surface area contributed by atoms with Gasteiger partial charge in [0, 0.05) is 29.3 Å². The van der Waals surface area contributed by atoms with Crippen molar-refractivity contribution in [1.82, 2.24) is 19.9 Å². The zero-order chi connectivity index (χ0) is 24.7. The van der Waals surface area contributed by atoms with Gasteiger partial charge in [-0.1, -0.05) is 31.2 Å². The van der Waals surface area contributed by atoms with Crippen molar-refractivity contribution < 1.29 is 14.3 Å². The molecule has 0 aliphatic heterocycles. The SMILES string of the molecule is CC(=O)c1cccc(OCCCc2cnc[nH]2)c1.CCc1cccc(OCCCc2cnc[nH]2)c1. The molecule has 0 spiro atoms. The Hall–Kier alpha value is -3.87. The van der Waals surface area contributed by atoms with Crippen LogP contribution in [0.3, 0.4) is 0 Å². The summed E-state index contributed by atoms with van der Waals surface area (Å²) in [7, 11) is 0. The van der Waals surface area contributed by atoms with E-state index in [0.717, 1.165) is 61.6 Å². The third-order valence-corrected chi connectivity index (χ3v) is 5.38. The first-order valence-electron chi connectivity index (χ1n) is 12.0. The van der Waals surface area contributed by atoms with E-state index in [1.165, 1.54) is 5.56 Å². The molecule has 2 N–H and O–H groups in total. The van der Waals surface area contributed by atoms with Crippen molar-refractivity contribution in [2.45, 2.75) is 46.0 Å². The van der Waals surface area contributed by atoms with Crippen LogP contribution in [0.2, 0.25) is 0 Å². The number of rotatable bonds is 12. The monoisotopic (exact) mass is 474 g/mol. The second-order valence-electron chi connectivity index (χ2n) is 8.14. The Morgan fingerprint density at radius 2 is 1.40 bits per heavy atom. The van der Waals surface area contributed by atoms with E-state index in [2.05, 4.69) is 39.0 Å². The molecule has 0 saturated carbocycles. The fourth-order valence-electron chi connectivity index (χ4n) is 3.41. The number of benzene rings is 2. The second-order valence-corrected chi connectivity index (χ2v) is 8.14. The van der Waals surface area contributed by atoms with E-state index in [1.54, 1.807) is 31.7 Å². The van der Waals surface area contributed by atoms with Crippen LogP contribution < -0.4 is 9.47 Å². The minimum Gasteiger partial charge on any atom is -0.494 e. The van der Waals surface area contributed by atoms with E-state index in [-0.39, 0.29) is 5.78 Å². The summed E-state index contributed by atoms with van der Waals surface area (Å²) in [4.78, 5) is 25.3. The van der Waals surface area contributed by atoms with Crippen molar-refractivity contribution in [3.8, 4) is 11.5 Å².